The molecule has 1 heterocycles. The van der Waals surface area contributed by atoms with Crippen LogP contribution in [0.5, 0.6) is 0 Å². The van der Waals surface area contributed by atoms with Crippen LogP contribution in [0.15, 0.2) is 48.5 Å². The van der Waals surface area contributed by atoms with Crippen LogP contribution in [0.2, 0.25) is 0 Å². The van der Waals surface area contributed by atoms with E-state index < -0.39 is 0 Å². The van der Waals surface area contributed by atoms with Crippen LogP contribution in [-0.2, 0) is 13.0 Å². The molecule has 1 aliphatic heterocycles. The monoisotopic (exact) mass is 337 g/mol. The number of rotatable bonds is 7. The van der Waals surface area contributed by atoms with Crippen LogP contribution >= 0.6 is 0 Å². The summed E-state index contributed by atoms with van der Waals surface area (Å²) in [5.74, 6) is 0.591. The summed E-state index contributed by atoms with van der Waals surface area (Å²) in [6.07, 6.45) is 1.06. The SMILES string of the molecule is CC(C)c1ccc(NCCc2ccc(CN3CCNCC3)cc2)cc1. The molecule has 25 heavy (non-hydrogen) atoms. The number of hydrogen-bond donors (Lipinski definition) is 2. The normalized spacial score (nSPS) is 15.5. The maximum absolute atomic E-state index is 3.52. The van der Waals surface area contributed by atoms with E-state index in [0.29, 0.717) is 5.92 Å². The number of nitrogens with zero attached hydrogens (tertiary/aromatic N) is 1. The standard InChI is InChI=1S/C22H31N3/c1-18(2)21-7-9-22(10-8-21)24-12-11-19-3-5-20(6-4-19)17-25-15-13-23-14-16-25/h3-10,18,23-24H,11-17H2,1-2H3. The zero-order valence-corrected chi connectivity index (χ0v) is 15.6. The minimum Gasteiger partial charge on any atom is -0.385 e. The molecule has 0 aromatic heterocycles. The molecule has 2 aromatic rings. The summed E-state index contributed by atoms with van der Waals surface area (Å²) in [6.45, 7) is 11.0. The predicted molar refractivity (Wildman–Crippen MR) is 107 cm³/mol. The summed E-state index contributed by atoms with van der Waals surface area (Å²) in [5, 5.41) is 6.93. The van der Waals surface area contributed by atoms with Gasteiger partial charge < -0.3 is 10.6 Å². The fraction of sp³-hybridized carbons (Fsp3) is 0.455. The molecule has 1 aliphatic rings. The number of hydrogen-bond acceptors (Lipinski definition) is 3. The molecule has 134 valence electrons. The maximum Gasteiger partial charge on any atom is 0.0340 e. The van der Waals surface area contributed by atoms with Gasteiger partial charge in [0.2, 0.25) is 0 Å². The largest absolute Gasteiger partial charge is 0.385 e. The van der Waals surface area contributed by atoms with Gasteiger partial charge in [-0.25, -0.2) is 0 Å². The fourth-order valence-electron chi connectivity index (χ4n) is 3.28. The van der Waals surface area contributed by atoms with E-state index in [9.17, 15) is 0 Å². The van der Waals surface area contributed by atoms with Crippen LogP contribution in [0.25, 0.3) is 0 Å². The van der Waals surface area contributed by atoms with E-state index in [1.54, 1.807) is 0 Å². The van der Waals surface area contributed by atoms with Crippen LogP contribution < -0.4 is 10.6 Å². The van der Waals surface area contributed by atoms with Crippen LogP contribution in [0.3, 0.4) is 0 Å². The van der Waals surface area contributed by atoms with Crippen molar-refractivity contribution in [2.75, 3.05) is 38.0 Å². The Morgan fingerprint density at radius 2 is 1.56 bits per heavy atom. The van der Waals surface area contributed by atoms with Gasteiger partial charge in [-0.15, -0.1) is 0 Å². The van der Waals surface area contributed by atoms with Crippen LogP contribution in [0, 0.1) is 0 Å². The van der Waals surface area contributed by atoms with E-state index in [1.807, 2.05) is 0 Å². The summed E-state index contributed by atoms with van der Waals surface area (Å²) in [4.78, 5) is 2.52. The molecule has 0 amide bonds. The van der Waals surface area contributed by atoms with Crippen molar-refractivity contribution in [2.24, 2.45) is 0 Å². The van der Waals surface area contributed by atoms with E-state index >= 15 is 0 Å². The number of piperazine rings is 1. The number of benzene rings is 2. The molecule has 0 radical (unpaired) electrons. The van der Waals surface area contributed by atoms with Gasteiger partial charge in [-0.05, 0) is 41.2 Å². The molecule has 2 N–H and O–H groups in total. The van der Waals surface area contributed by atoms with E-state index in [-0.39, 0.29) is 0 Å². The maximum atomic E-state index is 3.52. The summed E-state index contributed by atoms with van der Waals surface area (Å²) in [6, 6.07) is 17.9. The highest BCUT2D eigenvalue weighted by atomic mass is 15.2. The summed E-state index contributed by atoms with van der Waals surface area (Å²) in [7, 11) is 0. The molecule has 1 fully saturated rings. The van der Waals surface area contributed by atoms with Crippen LogP contribution in [0.1, 0.15) is 36.5 Å². The third-order valence-electron chi connectivity index (χ3n) is 4.96. The molecule has 0 saturated carbocycles. The first-order chi connectivity index (χ1) is 12.2. The first kappa shape index (κ1) is 18.0. The van der Waals surface area contributed by atoms with E-state index in [2.05, 4.69) is 77.9 Å². The summed E-state index contributed by atoms with van der Waals surface area (Å²) >= 11 is 0. The number of anilines is 1. The van der Waals surface area contributed by atoms with Gasteiger partial charge in [-0.3, -0.25) is 4.90 Å². The second kappa shape index (κ2) is 9.02. The van der Waals surface area contributed by atoms with Crippen molar-refractivity contribution in [3.05, 3.63) is 65.2 Å². The Balaban J connectivity index is 1.43. The molecule has 1 saturated heterocycles. The molecule has 0 spiro atoms. The van der Waals surface area contributed by atoms with Crippen molar-refractivity contribution in [3.63, 3.8) is 0 Å². The smallest absolute Gasteiger partial charge is 0.0340 e. The fourth-order valence-corrected chi connectivity index (χ4v) is 3.28. The van der Waals surface area contributed by atoms with Gasteiger partial charge in [0.15, 0.2) is 0 Å². The minimum atomic E-state index is 0.591. The second-order valence-electron chi connectivity index (χ2n) is 7.30. The molecule has 2 aromatic carbocycles. The summed E-state index contributed by atoms with van der Waals surface area (Å²) < 4.78 is 0. The number of nitrogens with one attached hydrogen (secondary N) is 2. The van der Waals surface area contributed by atoms with Crippen molar-refractivity contribution in [2.45, 2.75) is 32.7 Å². The van der Waals surface area contributed by atoms with Crippen molar-refractivity contribution >= 4 is 5.69 Å². The zero-order chi connectivity index (χ0) is 17.5. The molecule has 3 rings (SSSR count). The molecule has 0 atom stereocenters. The van der Waals surface area contributed by atoms with E-state index in [0.717, 1.165) is 45.7 Å². The third-order valence-corrected chi connectivity index (χ3v) is 4.96. The minimum absolute atomic E-state index is 0.591. The topological polar surface area (TPSA) is 27.3 Å². The highest BCUT2D eigenvalue weighted by Gasteiger charge is 2.09. The van der Waals surface area contributed by atoms with Gasteiger partial charge in [-0.1, -0.05) is 50.2 Å². The van der Waals surface area contributed by atoms with Gasteiger partial charge in [0.05, 0.1) is 0 Å². The lowest BCUT2D eigenvalue weighted by Gasteiger charge is -2.27. The molecular weight excluding hydrogens is 306 g/mol. The lowest BCUT2D eigenvalue weighted by Crippen LogP contribution is -2.42. The van der Waals surface area contributed by atoms with Crippen LogP contribution in [0.4, 0.5) is 5.69 Å². The Labute approximate surface area is 152 Å². The first-order valence-corrected chi connectivity index (χ1v) is 9.55. The Kier molecular flexibility index (Phi) is 6.48. The van der Waals surface area contributed by atoms with Gasteiger partial charge in [0, 0.05) is 45.0 Å². The molecular formula is C22H31N3. The summed E-state index contributed by atoms with van der Waals surface area (Å²) in [5.41, 5.74) is 5.42. The van der Waals surface area contributed by atoms with Crippen molar-refractivity contribution in [3.8, 4) is 0 Å². The lowest BCUT2D eigenvalue weighted by atomic mass is 10.0. The molecule has 3 heteroatoms. The Hall–Kier alpha value is -1.84. The van der Waals surface area contributed by atoms with Gasteiger partial charge >= 0.3 is 0 Å². The molecule has 0 bridgehead atoms. The molecule has 0 aliphatic carbocycles. The van der Waals surface area contributed by atoms with Gasteiger partial charge in [0.25, 0.3) is 0 Å². The van der Waals surface area contributed by atoms with Crippen LogP contribution in [-0.4, -0.2) is 37.6 Å². The lowest BCUT2D eigenvalue weighted by molar-refractivity contribution is 0.233. The molecule has 3 nitrogen and oxygen atoms in total. The highest BCUT2D eigenvalue weighted by Crippen LogP contribution is 2.17. The van der Waals surface area contributed by atoms with E-state index in [1.165, 1.54) is 22.4 Å². The Bertz CT molecular complexity index is 625. The molecule has 0 unspecified atom stereocenters. The average Bonchev–Trinajstić information content (AvgIpc) is 2.64. The van der Waals surface area contributed by atoms with Crippen molar-refractivity contribution in [1.82, 2.24) is 10.2 Å². The van der Waals surface area contributed by atoms with Gasteiger partial charge in [-0.2, -0.15) is 0 Å². The van der Waals surface area contributed by atoms with E-state index in [4.69, 9.17) is 0 Å². The average molecular weight is 338 g/mol. The first-order valence-electron chi connectivity index (χ1n) is 9.55. The van der Waals surface area contributed by atoms with Gasteiger partial charge in [0.1, 0.15) is 0 Å². The predicted octanol–water partition coefficient (Wildman–Crippen LogP) is 3.87. The quantitative estimate of drug-likeness (QED) is 0.803. The Morgan fingerprint density at radius 3 is 2.20 bits per heavy atom. The Morgan fingerprint density at radius 1 is 0.920 bits per heavy atom. The van der Waals surface area contributed by atoms with Crippen molar-refractivity contribution < 1.29 is 0 Å². The zero-order valence-electron chi connectivity index (χ0n) is 15.6. The third kappa shape index (κ3) is 5.58. The second-order valence-corrected chi connectivity index (χ2v) is 7.30. The van der Waals surface area contributed by atoms with Crippen molar-refractivity contribution in [1.29, 1.82) is 0 Å². The highest BCUT2D eigenvalue weighted by molar-refractivity contribution is 5.45.